The second-order valence-corrected chi connectivity index (χ2v) is 6.15. The first-order chi connectivity index (χ1) is 10.8. The van der Waals surface area contributed by atoms with Crippen LogP contribution in [0.3, 0.4) is 0 Å². The van der Waals surface area contributed by atoms with Crippen LogP contribution in [0.5, 0.6) is 0 Å². The van der Waals surface area contributed by atoms with Crippen LogP contribution in [0.25, 0.3) is 0 Å². The molecule has 0 spiro atoms. The van der Waals surface area contributed by atoms with E-state index in [1.807, 2.05) is 6.07 Å². The third-order valence-corrected chi connectivity index (χ3v) is 4.46. The summed E-state index contributed by atoms with van der Waals surface area (Å²) in [5.74, 6) is 0.848. The lowest BCUT2D eigenvalue weighted by Crippen LogP contribution is -2.30. The average Bonchev–Trinajstić information content (AvgIpc) is 3.01. The molecule has 0 bridgehead atoms. The number of hydrogen-bond acceptors (Lipinski definition) is 6. The summed E-state index contributed by atoms with van der Waals surface area (Å²) in [4.78, 5) is 4.52. The van der Waals surface area contributed by atoms with Crippen LogP contribution in [0.1, 0.15) is 30.3 Å². The molecule has 1 aliphatic heterocycles. The van der Waals surface area contributed by atoms with Crippen molar-refractivity contribution in [2.24, 2.45) is 0 Å². The molecule has 22 heavy (non-hydrogen) atoms. The summed E-state index contributed by atoms with van der Waals surface area (Å²) < 4.78 is 15.3. The standard InChI is InChI=1S/C16H21N3O2S/c1-20-9-8-15-18-16(22-19-15)17-13-7-10-21-14(11-13)12-5-3-2-4-6-12/h2-6,13-14H,7-11H2,1H3,(H,17,18,19). The third-order valence-electron chi connectivity index (χ3n) is 3.78. The smallest absolute Gasteiger partial charge is 0.202 e. The number of methoxy groups -OCH3 is 1. The minimum atomic E-state index is 0.160. The maximum absolute atomic E-state index is 5.90. The highest BCUT2D eigenvalue weighted by atomic mass is 32.1. The Kier molecular flexibility index (Phi) is 5.37. The Bertz CT molecular complexity index is 576. The molecule has 5 nitrogen and oxygen atoms in total. The number of benzene rings is 1. The Balaban J connectivity index is 1.57. The summed E-state index contributed by atoms with van der Waals surface area (Å²) in [6, 6.07) is 10.8. The van der Waals surface area contributed by atoms with Crippen LogP contribution in [-0.4, -0.2) is 35.7 Å². The zero-order chi connectivity index (χ0) is 15.2. The Morgan fingerprint density at radius 3 is 3.05 bits per heavy atom. The van der Waals surface area contributed by atoms with Gasteiger partial charge in [-0.15, -0.1) is 0 Å². The molecule has 1 aromatic heterocycles. The minimum absolute atomic E-state index is 0.160. The van der Waals surface area contributed by atoms with E-state index in [1.165, 1.54) is 17.1 Å². The number of anilines is 1. The first kappa shape index (κ1) is 15.4. The van der Waals surface area contributed by atoms with Gasteiger partial charge in [0.05, 0.1) is 12.7 Å². The van der Waals surface area contributed by atoms with Crippen molar-refractivity contribution in [3.05, 3.63) is 41.7 Å². The fourth-order valence-corrected chi connectivity index (χ4v) is 3.30. The molecule has 1 aromatic carbocycles. The van der Waals surface area contributed by atoms with Crippen molar-refractivity contribution >= 4 is 16.7 Å². The summed E-state index contributed by atoms with van der Waals surface area (Å²) in [7, 11) is 1.69. The van der Waals surface area contributed by atoms with Gasteiger partial charge in [-0.25, -0.2) is 4.98 Å². The molecule has 1 aliphatic rings. The van der Waals surface area contributed by atoms with Gasteiger partial charge in [0.1, 0.15) is 5.82 Å². The van der Waals surface area contributed by atoms with Crippen LogP contribution in [-0.2, 0) is 15.9 Å². The Labute approximate surface area is 134 Å². The van der Waals surface area contributed by atoms with Gasteiger partial charge in [-0.2, -0.15) is 4.37 Å². The highest BCUT2D eigenvalue weighted by molar-refractivity contribution is 7.09. The van der Waals surface area contributed by atoms with Crippen LogP contribution in [0, 0.1) is 0 Å². The van der Waals surface area contributed by atoms with Crippen LogP contribution in [0.2, 0.25) is 0 Å². The van der Waals surface area contributed by atoms with E-state index in [2.05, 4.69) is 38.9 Å². The van der Waals surface area contributed by atoms with Crippen molar-refractivity contribution in [2.45, 2.75) is 31.4 Å². The summed E-state index contributed by atoms with van der Waals surface area (Å²) in [6.07, 6.45) is 2.87. The van der Waals surface area contributed by atoms with E-state index in [1.54, 1.807) is 7.11 Å². The molecular weight excluding hydrogens is 298 g/mol. The highest BCUT2D eigenvalue weighted by Gasteiger charge is 2.24. The second-order valence-electron chi connectivity index (χ2n) is 5.39. The van der Waals surface area contributed by atoms with Gasteiger partial charge in [0.2, 0.25) is 5.13 Å². The van der Waals surface area contributed by atoms with E-state index in [4.69, 9.17) is 9.47 Å². The van der Waals surface area contributed by atoms with Crippen molar-refractivity contribution in [2.75, 3.05) is 25.6 Å². The quantitative estimate of drug-likeness (QED) is 0.887. The monoisotopic (exact) mass is 319 g/mol. The molecule has 0 saturated carbocycles. The van der Waals surface area contributed by atoms with Crippen molar-refractivity contribution in [1.29, 1.82) is 0 Å². The number of nitrogens with one attached hydrogen (secondary N) is 1. The van der Waals surface area contributed by atoms with Crippen molar-refractivity contribution in [3.63, 3.8) is 0 Å². The van der Waals surface area contributed by atoms with Gasteiger partial charge in [-0.05, 0) is 18.4 Å². The molecule has 2 unspecified atom stereocenters. The SMILES string of the molecule is COCCc1nsc(NC2CCOC(c3ccccc3)C2)n1. The number of rotatable bonds is 6. The molecule has 3 rings (SSSR count). The molecule has 118 valence electrons. The largest absolute Gasteiger partial charge is 0.384 e. The Morgan fingerprint density at radius 2 is 2.23 bits per heavy atom. The first-order valence-corrected chi connectivity index (χ1v) is 8.37. The topological polar surface area (TPSA) is 56.3 Å². The number of hydrogen-bond donors (Lipinski definition) is 1. The maximum Gasteiger partial charge on any atom is 0.202 e. The van der Waals surface area contributed by atoms with E-state index in [9.17, 15) is 0 Å². The Hall–Kier alpha value is -1.50. The molecule has 6 heteroatoms. The zero-order valence-corrected chi connectivity index (χ0v) is 13.5. The van der Waals surface area contributed by atoms with Crippen molar-refractivity contribution in [1.82, 2.24) is 9.36 Å². The van der Waals surface area contributed by atoms with E-state index >= 15 is 0 Å². The number of aromatic nitrogens is 2. The summed E-state index contributed by atoms with van der Waals surface area (Å²) in [6.45, 7) is 1.43. The van der Waals surface area contributed by atoms with Gasteiger partial charge in [-0.3, -0.25) is 0 Å². The molecule has 0 amide bonds. The van der Waals surface area contributed by atoms with Gasteiger partial charge in [0.25, 0.3) is 0 Å². The molecule has 0 radical (unpaired) electrons. The van der Waals surface area contributed by atoms with E-state index in [-0.39, 0.29) is 6.10 Å². The van der Waals surface area contributed by atoms with Crippen LogP contribution < -0.4 is 5.32 Å². The lowest BCUT2D eigenvalue weighted by atomic mass is 9.98. The van der Waals surface area contributed by atoms with Crippen LogP contribution in [0.15, 0.2) is 30.3 Å². The first-order valence-electron chi connectivity index (χ1n) is 7.60. The zero-order valence-electron chi connectivity index (χ0n) is 12.7. The second kappa shape index (κ2) is 7.67. The van der Waals surface area contributed by atoms with Crippen molar-refractivity contribution < 1.29 is 9.47 Å². The molecular formula is C16H21N3O2S. The van der Waals surface area contributed by atoms with Crippen LogP contribution >= 0.6 is 11.5 Å². The lowest BCUT2D eigenvalue weighted by molar-refractivity contribution is 0.00979. The maximum atomic E-state index is 5.90. The number of ether oxygens (including phenoxy) is 2. The predicted octanol–water partition coefficient (Wildman–Crippen LogP) is 3.06. The van der Waals surface area contributed by atoms with Crippen LogP contribution in [0.4, 0.5) is 5.13 Å². The lowest BCUT2D eigenvalue weighted by Gasteiger charge is -2.30. The van der Waals surface area contributed by atoms with E-state index < -0.39 is 0 Å². The fraction of sp³-hybridized carbons (Fsp3) is 0.500. The summed E-state index contributed by atoms with van der Waals surface area (Å²) >= 11 is 1.42. The van der Waals surface area contributed by atoms with E-state index in [0.717, 1.165) is 36.8 Å². The molecule has 2 atom stereocenters. The minimum Gasteiger partial charge on any atom is -0.384 e. The molecule has 1 fully saturated rings. The number of nitrogens with zero attached hydrogens (tertiary/aromatic N) is 2. The molecule has 1 saturated heterocycles. The highest BCUT2D eigenvalue weighted by Crippen LogP contribution is 2.29. The van der Waals surface area contributed by atoms with Gasteiger partial charge in [-0.1, -0.05) is 30.3 Å². The predicted molar refractivity (Wildman–Crippen MR) is 87.3 cm³/mol. The van der Waals surface area contributed by atoms with Gasteiger partial charge < -0.3 is 14.8 Å². The molecule has 2 aromatic rings. The average molecular weight is 319 g/mol. The van der Waals surface area contributed by atoms with E-state index in [0.29, 0.717) is 12.6 Å². The normalized spacial score (nSPS) is 21.7. The van der Waals surface area contributed by atoms with Gasteiger partial charge >= 0.3 is 0 Å². The summed E-state index contributed by atoms with van der Waals surface area (Å²) in [5, 5.41) is 4.39. The summed E-state index contributed by atoms with van der Waals surface area (Å²) in [5.41, 5.74) is 1.24. The molecule has 0 aliphatic carbocycles. The molecule has 1 N–H and O–H groups in total. The third kappa shape index (κ3) is 4.03. The van der Waals surface area contributed by atoms with Gasteiger partial charge in [0, 0.05) is 37.7 Å². The fourth-order valence-electron chi connectivity index (χ4n) is 2.61. The molecule has 2 heterocycles. The van der Waals surface area contributed by atoms with Gasteiger partial charge in [0.15, 0.2) is 0 Å². The van der Waals surface area contributed by atoms with Crippen molar-refractivity contribution in [3.8, 4) is 0 Å². The Morgan fingerprint density at radius 1 is 1.36 bits per heavy atom.